The summed E-state index contributed by atoms with van der Waals surface area (Å²) in [4.78, 5) is 11.3. The van der Waals surface area contributed by atoms with Gasteiger partial charge in [0.2, 0.25) is 0 Å². The zero-order valence-electron chi connectivity index (χ0n) is 11.1. The van der Waals surface area contributed by atoms with Crippen molar-refractivity contribution in [2.24, 2.45) is 0 Å². The highest BCUT2D eigenvalue weighted by Gasteiger charge is 2.32. The molecule has 0 radical (unpaired) electrons. The van der Waals surface area contributed by atoms with Gasteiger partial charge < -0.3 is 14.0 Å². The number of fused-ring (bicyclic) bond motifs is 1. The predicted molar refractivity (Wildman–Crippen MR) is 77.5 cm³/mol. The lowest BCUT2D eigenvalue weighted by atomic mass is 9.95. The smallest absolute Gasteiger partial charge is 0.180 e. The summed E-state index contributed by atoms with van der Waals surface area (Å²) in [5.74, 6) is 0.919. The molecule has 0 spiro atoms. The van der Waals surface area contributed by atoms with Gasteiger partial charge in [0.1, 0.15) is 4.60 Å². The number of nitrogens with zero attached hydrogens (tertiary/aromatic N) is 4. The lowest BCUT2D eigenvalue weighted by Gasteiger charge is -2.40. The van der Waals surface area contributed by atoms with Gasteiger partial charge in [0.25, 0.3) is 0 Å². The molecule has 5 nitrogen and oxygen atoms in total. The second kappa shape index (κ2) is 4.76. The maximum absolute atomic E-state index is 5.65. The van der Waals surface area contributed by atoms with Gasteiger partial charge in [0, 0.05) is 38.8 Å². The lowest BCUT2D eigenvalue weighted by molar-refractivity contribution is -0.00477. The number of methoxy groups -OCH3 is 1. The Bertz CT molecular complexity index is 599. The van der Waals surface area contributed by atoms with Crippen molar-refractivity contribution in [2.75, 3.05) is 25.1 Å². The third-order valence-corrected chi connectivity index (χ3v) is 4.16. The van der Waals surface area contributed by atoms with Crippen LogP contribution in [0.2, 0.25) is 0 Å². The molecular formula is C13H17BrN4O. The lowest BCUT2D eigenvalue weighted by Crippen LogP contribution is -2.47. The number of hydrogen-bond donors (Lipinski definition) is 0. The molecule has 1 aliphatic heterocycles. The van der Waals surface area contributed by atoms with Crippen molar-refractivity contribution in [3.8, 4) is 0 Å². The van der Waals surface area contributed by atoms with Crippen LogP contribution in [0.4, 0.5) is 5.82 Å². The van der Waals surface area contributed by atoms with Gasteiger partial charge in [-0.05, 0) is 35.7 Å². The normalized spacial score (nSPS) is 24.1. The van der Waals surface area contributed by atoms with Crippen LogP contribution in [0.1, 0.15) is 19.8 Å². The van der Waals surface area contributed by atoms with Crippen LogP contribution in [-0.2, 0) is 4.74 Å². The Kier molecular flexibility index (Phi) is 3.22. The van der Waals surface area contributed by atoms with Crippen LogP contribution in [0.15, 0.2) is 23.2 Å². The molecule has 1 unspecified atom stereocenters. The van der Waals surface area contributed by atoms with Gasteiger partial charge >= 0.3 is 0 Å². The summed E-state index contributed by atoms with van der Waals surface area (Å²) < 4.78 is 8.45. The standard InChI is InChI=1S/C13H17BrN4O/c1-13(19-2)4-3-6-18(9-13)12-11-15-5-7-17(11)8-10(14)16-12/h5,7-8H,3-4,6,9H2,1-2H3. The average molecular weight is 325 g/mol. The fourth-order valence-corrected chi connectivity index (χ4v) is 3.04. The monoisotopic (exact) mass is 324 g/mol. The molecule has 0 amide bonds. The number of imidazole rings is 1. The van der Waals surface area contributed by atoms with E-state index in [0.717, 1.165) is 42.0 Å². The topological polar surface area (TPSA) is 42.7 Å². The molecule has 3 heterocycles. The summed E-state index contributed by atoms with van der Waals surface area (Å²) in [6.07, 6.45) is 7.84. The van der Waals surface area contributed by atoms with Crippen LogP contribution in [0.3, 0.4) is 0 Å². The zero-order valence-corrected chi connectivity index (χ0v) is 12.7. The Morgan fingerprint density at radius 1 is 1.47 bits per heavy atom. The maximum atomic E-state index is 5.65. The Hall–Kier alpha value is -1.14. The van der Waals surface area contributed by atoms with Crippen molar-refractivity contribution in [2.45, 2.75) is 25.4 Å². The van der Waals surface area contributed by atoms with Crippen molar-refractivity contribution >= 4 is 27.4 Å². The van der Waals surface area contributed by atoms with Gasteiger partial charge in [-0.3, -0.25) is 0 Å². The first-order chi connectivity index (χ1) is 9.11. The molecule has 0 N–H and O–H groups in total. The van der Waals surface area contributed by atoms with Crippen LogP contribution in [-0.4, -0.2) is 40.2 Å². The average Bonchev–Trinajstić information content (AvgIpc) is 2.86. The highest BCUT2D eigenvalue weighted by molar-refractivity contribution is 9.10. The molecule has 0 aromatic carbocycles. The Morgan fingerprint density at radius 2 is 2.32 bits per heavy atom. The summed E-state index contributed by atoms with van der Waals surface area (Å²) in [5.41, 5.74) is 0.787. The number of rotatable bonds is 2. The first-order valence-electron chi connectivity index (χ1n) is 6.41. The minimum absolute atomic E-state index is 0.105. The van der Waals surface area contributed by atoms with E-state index in [4.69, 9.17) is 4.74 Å². The second-order valence-corrected chi connectivity index (χ2v) is 6.04. The minimum atomic E-state index is -0.105. The van der Waals surface area contributed by atoms with E-state index >= 15 is 0 Å². The summed E-state index contributed by atoms with van der Waals surface area (Å²) in [6, 6.07) is 0. The zero-order chi connectivity index (χ0) is 13.5. The van der Waals surface area contributed by atoms with E-state index in [-0.39, 0.29) is 5.60 Å². The Balaban J connectivity index is 2.01. The van der Waals surface area contributed by atoms with E-state index in [1.165, 1.54) is 0 Å². The van der Waals surface area contributed by atoms with Crippen LogP contribution >= 0.6 is 15.9 Å². The van der Waals surface area contributed by atoms with Crippen molar-refractivity contribution in [1.82, 2.24) is 14.4 Å². The molecular weight excluding hydrogens is 308 g/mol. The fourth-order valence-electron chi connectivity index (χ4n) is 2.65. The van der Waals surface area contributed by atoms with E-state index < -0.39 is 0 Å². The number of aromatic nitrogens is 3. The second-order valence-electron chi connectivity index (χ2n) is 5.22. The molecule has 1 fully saturated rings. The third kappa shape index (κ3) is 2.34. The highest BCUT2D eigenvalue weighted by Crippen LogP contribution is 2.29. The molecule has 0 aliphatic carbocycles. The maximum Gasteiger partial charge on any atom is 0.180 e. The molecule has 1 atom stereocenters. The molecule has 0 bridgehead atoms. The molecule has 6 heteroatoms. The predicted octanol–water partition coefficient (Wildman–Crippen LogP) is 2.50. The molecule has 19 heavy (non-hydrogen) atoms. The van der Waals surface area contributed by atoms with Crippen molar-refractivity contribution in [3.63, 3.8) is 0 Å². The van der Waals surface area contributed by atoms with Crippen LogP contribution in [0.25, 0.3) is 5.65 Å². The minimum Gasteiger partial charge on any atom is -0.377 e. The SMILES string of the molecule is COC1(C)CCCN(c2nc(Br)cn3ccnc23)C1. The van der Waals surface area contributed by atoms with Crippen LogP contribution < -0.4 is 4.90 Å². The van der Waals surface area contributed by atoms with Gasteiger partial charge in [-0.1, -0.05) is 0 Å². The summed E-state index contributed by atoms with van der Waals surface area (Å²) in [5, 5.41) is 0. The van der Waals surface area contributed by atoms with E-state index in [1.807, 2.05) is 16.8 Å². The van der Waals surface area contributed by atoms with Crippen LogP contribution in [0.5, 0.6) is 0 Å². The Labute approximate surface area is 120 Å². The molecule has 1 saturated heterocycles. The molecule has 2 aromatic rings. The molecule has 1 aliphatic rings. The first kappa shape index (κ1) is 12.9. The van der Waals surface area contributed by atoms with E-state index in [9.17, 15) is 0 Å². The third-order valence-electron chi connectivity index (χ3n) is 3.78. The number of anilines is 1. The summed E-state index contributed by atoms with van der Waals surface area (Å²) in [6.45, 7) is 3.99. The largest absolute Gasteiger partial charge is 0.377 e. The number of ether oxygens (including phenoxy) is 1. The molecule has 3 rings (SSSR count). The number of piperidine rings is 1. The molecule has 0 saturated carbocycles. The van der Waals surface area contributed by atoms with Crippen molar-refractivity contribution in [3.05, 3.63) is 23.2 Å². The van der Waals surface area contributed by atoms with E-state index in [0.29, 0.717) is 0 Å². The highest BCUT2D eigenvalue weighted by atomic mass is 79.9. The van der Waals surface area contributed by atoms with E-state index in [1.54, 1.807) is 13.3 Å². The van der Waals surface area contributed by atoms with Gasteiger partial charge in [-0.15, -0.1) is 0 Å². The van der Waals surface area contributed by atoms with E-state index in [2.05, 4.69) is 37.7 Å². The molecule has 2 aromatic heterocycles. The number of halogens is 1. The summed E-state index contributed by atoms with van der Waals surface area (Å²) in [7, 11) is 1.78. The van der Waals surface area contributed by atoms with Crippen molar-refractivity contribution < 1.29 is 4.74 Å². The van der Waals surface area contributed by atoms with Gasteiger partial charge in [0.05, 0.1) is 5.60 Å². The van der Waals surface area contributed by atoms with Gasteiger partial charge in [0.15, 0.2) is 11.5 Å². The van der Waals surface area contributed by atoms with Crippen molar-refractivity contribution in [1.29, 1.82) is 0 Å². The quantitative estimate of drug-likeness (QED) is 0.851. The van der Waals surface area contributed by atoms with Crippen LogP contribution in [0, 0.1) is 0 Å². The fraction of sp³-hybridized carbons (Fsp3) is 0.538. The van der Waals surface area contributed by atoms with Gasteiger partial charge in [-0.2, -0.15) is 0 Å². The van der Waals surface area contributed by atoms with Gasteiger partial charge in [-0.25, -0.2) is 9.97 Å². The summed E-state index contributed by atoms with van der Waals surface area (Å²) >= 11 is 3.46. The molecule has 102 valence electrons. The Morgan fingerprint density at radius 3 is 3.11 bits per heavy atom. The number of hydrogen-bond acceptors (Lipinski definition) is 4. The first-order valence-corrected chi connectivity index (χ1v) is 7.20.